The Labute approximate surface area is 172 Å². The van der Waals surface area contributed by atoms with Crippen LogP contribution < -0.4 is 16.0 Å². The molecule has 0 amide bonds. The Hall–Kier alpha value is -3.30. The van der Waals surface area contributed by atoms with Gasteiger partial charge in [-0.25, -0.2) is 0 Å². The zero-order valence-electron chi connectivity index (χ0n) is 16.5. The van der Waals surface area contributed by atoms with Crippen LogP contribution in [0.5, 0.6) is 5.75 Å². The largest absolute Gasteiger partial charge is 0.497 e. The minimum atomic E-state index is -0.433. The van der Waals surface area contributed by atoms with Crippen LogP contribution in [0.2, 0.25) is 0 Å². The highest BCUT2D eigenvalue weighted by Crippen LogP contribution is 2.47. The molecule has 146 valence electrons. The minimum absolute atomic E-state index is 0.0230. The number of thiophene rings is 1. The quantitative estimate of drug-likeness (QED) is 0.655. The molecule has 0 unspecified atom stereocenters. The van der Waals surface area contributed by atoms with E-state index < -0.39 is 5.56 Å². The van der Waals surface area contributed by atoms with Gasteiger partial charge in [-0.2, -0.15) is 5.26 Å². The van der Waals surface area contributed by atoms with Crippen LogP contribution in [0, 0.1) is 11.3 Å². The van der Waals surface area contributed by atoms with E-state index in [-0.39, 0.29) is 16.7 Å². The van der Waals surface area contributed by atoms with E-state index in [1.54, 1.807) is 18.4 Å². The maximum Gasteiger partial charge on any atom is 0.269 e. The Morgan fingerprint density at radius 2 is 2.00 bits per heavy atom. The molecule has 1 aliphatic rings. The molecule has 2 aromatic heterocycles. The number of H-pyrrole nitrogens is 1. The third kappa shape index (κ3) is 3.24. The van der Waals surface area contributed by atoms with Crippen LogP contribution in [0.1, 0.15) is 41.8 Å². The summed E-state index contributed by atoms with van der Waals surface area (Å²) in [5.74, 6) is 0.826. The third-order valence-electron chi connectivity index (χ3n) is 5.25. The van der Waals surface area contributed by atoms with E-state index in [2.05, 4.69) is 37.1 Å². The minimum Gasteiger partial charge on any atom is -0.497 e. The fraction of sp³-hybridized carbons (Fsp3) is 0.217. The van der Waals surface area contributed by atoms with E-state index in [1.165, 1.54) is 10.5 Å². The number of anilines is 1. The monoisotopic (exact) mass is 403 g/mol. The summed E-state index contributed by atoms with van der Waals surface area (Å²) in [6.45, 7) is 4.38. The number of hydrogen-bond acceptors (Lipinski definition) is 5. The number of pyridine rings is 1. The van der Waals surface area contributed by atoms with Crippen LogP contribution in [0.15, 0.2) is 40.7 Å². The second kappa shape index (κ2) is 6.94. The van der Waals surface area contributed by atoms with Crippen LogP contribution in [0.25, 0.3) is 22.4 Å². The second-order valence-corrected chi connectivity index (χ2v) is 8.81. The van der Waals surface area contributed by atoms with Gasteiger partial charge in [0.25, 0.3) is 5.56 Å². The smallest absolute Gasteiger partial charge is 0.269 e. The predicted molar refractivity (Wildman–Crippen MR) is 119 cm³/mol. The van der Waals surface area contributed by atoms with E-state index in [0.717, 1.165) is 33.5 Å². The van der Waals surface area contributed by atoms with Crippen LogP contribution >= 0.6 is 11.3 Å². The van der Waals surface area contributed by atoms with Gasteiger partial charge in [-0.3, -0.25) is 4.79 Å². The molecule has 3 N–H and O–H groups in total. The fourth-order valence-corrected chi connectivity index (χ4v) is 5.11. The number of nitrogen functional groups attached to an aromatic ring is 1. The Kier molecular flexibility index (Phi) is 4.56. The van der Waals surface area contributed by atoms with Gasteiger partial charge in [-0.1, -0.05) is 38.1 Å². The summed E-state index contributed by atoms with van der Waals surface area (Å²) in [4.78, 5) is 16.9. The zero-order chi connectivity index (χ0) is 20.8. The molecule has 0 bridgehead atoms. The zero-order valence-corrected chi connectivity index (χ0v) is 17.3. The number of benzene rings is 1. The summed E-state index contributed by atoms with van der Waals surface area (Å²) in [7, 11) is 1.65. The molecule has 0 radical (unpaired) electrons. The highest BCUT2D eigenvalue weighted by atomic mass is 32.1. The lowest BCUT2D eigenvalue weighted by Gasteiger charge is -2.29. The maximum atomic E-state index is 12.1. The van der Waals surface area contributed by atoms with Gasteiger partial charge in [-0.05, 0) is 35.8 Å². The average molecular weight is 404 g/mol. The lowest BCUT2D eigenvalue weighted by Crippen LogP contribution is -2.20. The normalized spacial score (nSPS) is 15.2. The van der Waals surface area contributed by atoms with Crippen molar-refractivity contribution in [3.63, 3.8) is 0 Å². The van der Waals surface area contributed by atoms with E-state index in [0.29, 0.717) is 0 Å². The Balaban J connectivity index is 1.83. The standard InChI is InChI=1S/C23H21N3O2S/c1-23(2)11-14(5-4-13-6-8-15(28-3)9-7-13)10-16-18-19(25)17(12-24)21(27)26-22(18)29-20(16)23/h4-10H,11H2,1-3H3,(H3,25,26,27)/b5-4+. The number of ether oxygens (including phenoxy) is 1. The summed E-state index contributed by atoms with van der Waals surface area (Å²) < 4.78 is 5.21. The number of allylic oxidation sites excluding steroid dienone is 2. The van der Waals surface area contributed by atoms with Gasteiger partial charge in [0.15, 0.2) is 0 Å². The van der Waals surface area contributed by atoms with E-state index >= 15 is 0 Å². The lowest BCUT2D eigenvalue weighted by atomic mass is 9.77. The van der Waals surface area contributed by atoms with Crippen molar-refractivity contribution < 1.29 is 4.74 Å². The summed E-state index contributed by atoms with van der Waals surface area (Å²) in [5.41, 5.74) is 9.18. The predicted octanol–water partition coefficient (Wildman–Crippen LogP) is 4.83. The molecule has 0 atom stereocenters. The van der Waals surface area contributed by atoms with Crippen LogP contribution in [0.3, 0.4) is 0 Å². The van der Waals surface area contributed by atoms with Crippen molar-refractivity contribution in [1.29, 1.82) is 5.26 Å². The molecule has 5 nitrogen and oxygen atoms in total. The number of hydrogen-bond donors (Lipinski definition) is 2. The third-order valence-corrected chi connectivity index (χ3v) is 6.73. The number of nitrogens with one attached hydrogen (secondary N) is 1. The molecule has 0 saturated carbocycles. The van der Waals surface area contributed by atoms with Crippen molar-refractivity contribution in [2.24, 2.45) is 0 Å². The molecule has 6 heteroatoms. The number of fused-ring (bicyclic) bond motifs is 3. The summed E-state index contributed by atoms with van der Waals surface area (Å²) in [5, 5.41) is 10.1. The molecule has 0 saturated heterocycles. The molecular weight excluding hydrogens is 382 g/mol. The number of methoxy groups -OCH3 is 1. The molecule has 2 heterocycles. The first-order valence-electron chi connectivity index (χ1n) is 9.25. The first-order chi connectivity index (χ1) is 13.8. The number of rotatable bonds is 3. The molecule has 3 aromatic rings. The van der Waals surface area contributed by atoms with Crippen molar-refractivity contribution in [2.45, 2.75) is 25.7 Å². The highest BCUT2D eigenvalue weighted by Gasteiger charge is 2.32. The first-order valence-corrected chi connectivity index (χ1v) is 10.1. The van der Waals surface area contributed by atoms with Gasteiger partial charge in [0.1, 0.15) is 22.2 Å². The number of nitrogens with zero attached hydrogens (tertiary/aromatic N) is 1. The van der Waals surface area contributed by atoms with Gasteiger partial charge < -0.3 is 15.5 Å². The second-order valence-electron chi connectivity index (χ2n) is 7.79. The average Bonchev–Trinajstić information content (AvgIpc) is 3.06. The molecular formula is C23H21N3O2S. The lowest BCUT2D eigenvalue weighted by molar-refractivity contribution is 0.415. The summed E-state index contributed by atoms with van der Waals surface area (Å²) >= 11 is 1.55. The Morgan fingerprint density at radius 3 is 2.66 bits per heavy atom. The van der Waals surface area contributed by atoms with E-state index in [1.807, 2.05) is 30.3 Å². The van der Waals surface area contributed by atoms with Crippen molar-refractivity contribution >= 4 is 39.4 Å². The van der Waals surface area contributed by atoms with E-state index in [4.69, 9.17) is 10.5 Å². The van der Waals surface area contributed by atoms with Gasteiger partial charge in [0.2, 0.25) is 0 Å². The number of aromatic amines is 1. The van der Waals surface area contributed by atoms with Crippen molar-refractivity contribution in [3.05, 3.63) is 67.8 Å². The van der Waals surface area contributed by atoms with Gasteiger partial charge in [0, 0.05) is 21.2 Å². The summed E-state index contributed by atoms with van der Waals surface area (Å²) in [6.07, 6.45) is 7.18. The van der Waals surface area contributed by atoms with Crippen LogP contribution in [-0.4, -0.2) is 12.1 Å². The molecule has 4 rings (SSSR count). The van der Waals surface area contributed by atoms with Gasteiger partial charge >= 0.3 is 0 Å². The van der Waals surface area contributed by atoms with Crippen molar-refractivity contribution in [2.75, 3.05) is 12.8 Å². The molecule has 29 heavy (non-hydrogen) atoms. The molecule has 1 aliphatic carbocycles. The molecule has 0 aliphatic heterocycles. The van der Waals surface area contributed by atoms with E-state index in [9.17, 15) is 10.1 Å². The topological polar surface area (TPSA) is 91.9 Å². The Bertz CT molecular complexity index is 1270. The number of nitrogens with two attached hydrogens (primary N) is 1. The van der Waals surface area contributed by atoms with Crippen molar-refractivity contribution in [1.82, 2.24) is 4.98 Å². The fourth-order valence-electron chi connectivity index (χ4n) is 3.82. The SMILES string of the molecule is COc1ccc(/C=C/C2=Cc3c(sc4[nH]c(=O)c(C#N)c(N)c34)C(C)(C)C2)cc1. The molecule has 0 fully saturated rings. The van der Waals surface area contributed by atoms with Crippen molar-refractivity contribution in [3.8, 4) is 11.8 Å². The molecule has 1 aromatic carbocycles. The highest BCUT2D eigenvalue weighted by molar-refractivity contribution is 7.19. The van der Waals surface area contributed by atoms with Gasteiger partial charge in [0.05, 0.1) is 12.8 Å². The number of nitriles is 1. The molecule has 0 spiro atoms. The maximum absolute atomic E-state index is 12.1. The van der Waals surface area contributed by atoms with Crippen LogP contribution in [-0.2, 0) is 5.41 Å². The number of aromatic nitrogens is 1. The van der Waals surface area contributed by atoms with Crippen LogP contribution in [0.4, 0.5) is 5.69 Å². The summed E-state index contributed by atoms with van der Waals surface area (Å²) in [6, 6.07) is 9.82. The first kappa shape index (κ1) is 19.0. The van der Waals surface area contributed by atoms with Gasteiger partial charge in [-0.15, -0.1) is 11.3 Å². The Morgan fingerprint density at radius 1 is 1.28 bits per heavy atom.